The van der Waals surface area contributed by atoms with Crippen LogP contribution in [-0.4, -0.2) is 18.3 Å². The van der Waals surface area contributed by atoms with Gasteiger partial charge in [-0.25, -0.2) is 0 Å². The molecule has 1 N–H and O–H groups in total. The van der Waals surface area contributed by atoms with E-state index in [1.54, 1.807) is 12.1 Å². The lowest BCUT2D eigenvalue weighted by Gasteiger charge is -2.29. The van der Waals surface area contributed by atoms with Crippen LogP contribution in [0.4, 0.5) is 0 Å². The first kappa shape index (κ1) is 16.3. The van der Waals surface area contributed by atoms with Gasteiger partial charge in [0.05, 0.1) is 10.6 Å². The molecule has 0 spiro atoms. The van der Waals surface area contributed by atoms with E-state index in [0.717, 1.165) is 18.4 Å². The van der Waals surface area contributed by atoms with E-state index in [9.17, 15) is 4.79 Å². The lowest BCUT2D eigenvalue weighted by molar-refractivity contribution is 0.0932. The van der Waals surface area contributed by atoms with Crippen LogP contribution in [0.1, 0.15) is 42.6 Å². The summed E-state index contributed by atoms with van der Waals surface area (Å²) in [6.45, 7) is 6.71. The predicted molar refractivity (Wildman–Crippen MR) is 82.3 cm³/mol. The van der Waals surface area contributed by atoms with E-state index >= 15 is 0 Å². The van der Waals surface area contributed by atoms with Crippen molar-refractivity contribution in [1.29, 1.82) is 0 Å². The highest BCUT2D eigenvalue weighted by Gasteiger charge is 2.26. The van der Waals surface area contributed by atoms with E-state index in [4.69, 9.17) is 23.2 Å². The van der Waals surface area contributed by atoms with Gasteiger partial charge in [0.1, 0.15) is 0 Å². The molecule has 0 fully saturated rings. The second-order valence-electron chi connectivity index (χ2n) is 5.01. The molecule has 0 atom stereocenters. The van der Waals surface area contributed by atoms with Gasteiger partial charge in [0.25, 0.3) is 5.91 Å². The molecule has 0 aliphatic rings. The SMILES string of the molecule is CCC(CC)(CCl)CNC(=O)c1ccc(C)cc1Cl. The summed E-state index contributed by atoms with van der Waals surface area (Å²) in [5.74, 6) is 0.406. The molecule has 1 rings (SSSR count). The van der Waals surface area contributed by atoms with Crippen LogP contribution in [0.3, 0.4) is 0 Å². The average Bonchev–Trinajstić information content (AvgIpc) is 2.40. The Morgan fingerprint density at radius 1 is 1.32 bits per heavy atom. The van der Waals surface area contributed by atoms with Crippen LogP contribution in [0.5, 0.6) is 0 Å². The summed E-state index contributed by atoms with van der Waals surface area (Å²) in [6, 6.07) is 5.44. The van der Waals surface area contributed by atoms with Crippen molar-refractivity contribution in [2.45, 2.75) is 33.6 Å². The molecule has 0 bridgehead atoms. The number of amides is 1. The fourth-order valence-corrected chi connectivity index (χ4v) is 2.70. The van der Waals surface area contributed by atoms with E-state index < -0.39 is 0 Å². The molecule has 0 saturated heterocycles. The van der Waals surface area contributed by atoms with E-state index in [0.29, 0.717) is 23.0 Å². The lowest BCUT2D eigenvalue weighted by Crippen LogP contribution is -2.38. The first-order chi connectivity index (χ1) is 8.98. The minimum atomic E-state index is -0.138. The van der Waals surface area contributed by atoms with Crippen molar-refractivity contribution in [3.05, 3.63) is 34.3 Å². The molecule has 0 aliphatic carbocycles. The number of rotatable bonds is 6. The molecule has 2 nitrogen and oxygen atoms in total. The van der Waals surface area contributed by atoms with Crippen molar-refractivity contribution in [2.75, 3.05) is 12.4 Å². The molecule has 0 aromatic heterocycles. The monoisotopic (exact) mass is 301 g/mol. The number of carbonyl (C=O) groups excluding carboxylic acids is 1. The highest BCUT2D eigenvalue weighted by molar-refractivity contribution is 6.33. The first-order valence-electron chi connectivity index (χ1n) is 6.58. The predicted octanol–water partition coefficient (Wildman–Crippen LogP) is 4.42. The van der Waals surface area contributed by atoms with Gasteiger partial charge in [-0.05, 0) is 37.5 Å². The molecule has 0 aliphatic heterocycles. The average molecular weight is 302 g/mol. The zero-order chi connectivity index (χ0) is 14.5. The van der Waals surface area contributed by atoms with Crippen molar-refractivity contribution in [3.8, 4) is 0 Å². The molecule has 19 heavy (non-hydrogen) atoms. The van der Waals surface area contributed by atoms with Crippen molar-refractivity contribution in [3.63, 3.8) is 0 Å². The van der Waals surface area contributed by atoms with Crippen LogP contribution in [0.2, 0.25) is 5.02 Å². The van der Waals surface area contributed by atoms with E-state index in [2.05, 4.69) is 19.2 Å². The van der Waals surface area contributed by atoms with Crippen molar-refractivity contribution in [1.82, 2.24) is 5.32 Å². The highest BCUT2D eigenvalue weighted by atomic mass is 35.5. The lowest BCUT2D eigenvalue weighted by atomic mass is 9.84. The molecule has 1 aromatic carbocycles. The van der Waals surface area contributed by atoms with Gasteiger partial charge in [0, 0.05) is 17.8 Å². The van der Waals surface area contributed by atoms with Gasteiger partial charge >= 0.3 is 0 Å². The quantitative estimate of drug-likeness (QED) is 0.774. The Balaban J connectivity index is 2.75. The summed E-state index contributed by atoms with van der Waals surface area (Å²) in [4.78, 5) is 12.1. The van der Waals surface area contributed by atoms with Crippen molar-refractivity contribution >= 4 is 29.1 Å². The van der Waals surface area contributed by atoms with Crippen molar-refractivity contribution in [2.24, 2.45) is 5.41 Å². The Morgan fingerprint density at radius 2 is 1.95 bits per heavy atom. The number of halogens is 2. The summed E-state index contributed by atoms with van der Waals surface area (Å²) in [7, 11) is 0. The molecular weight excluding hydrogens is 281 g/mol. The molecule has 0 saturated carbocycles. The number of hydrogen-bond donors (Lipinski definition) is 1. The van der Waals surface area contributed by atoms with E-state index in [-0.39, 0.29) is 11.3 Å². The molecule has 0 radical (unpaired) electrons. The number of hydrogen-bond acceptors (Lipinski definition) is 1. The van der Waals surface area contributed by atoms with Gasteiger partial charge in [-0.2, -0.15) is 0 Å². The van der Waals surface area contributed by atoms with Crippen LogP contribution in [0.15, 0.2) is 18.2 Å². The third-order valence-corrected chi connectivity index (χ3v) is 4.66. The minimum absolute atomic E-state index is 0.0333. The summed E-state index contributed by atoms with van der Waals surface area (Å²) in [5.41, 5.74) is 1.52. The van der Waals surface area contributed by atoms with Crippen LogP contribution in [0, 0.1) is 12.3 Å². The maximum atomic E-state index is 12.1. The standard InChI is InChI=1S/C15H21Cl2NO/c1-4-15(5-2,9-16)10-18-14(19)12-7-6-11(3)8-13(12)17/h6-8H,4-5,9-10H2,1-3H3,(H,18,19). The fourth-order valence-electron chi connectivity index (χ4n) is 1.90. The normalized spacial score (nSPS) is 11.4. The van der Waals surface area contributed by atoms with Crippen LogP contribution >= 0.6 is 23.2 Å². The molecule has 0 heterocycles. The number of aryl methyl sites for hydroxylation is 1. The van der Waals surface area contributed by atoms with Crippen LogP contribution < -0.4 is 5.32 Å². The summed E-state index contributed by atoms with van der Waals surface area (Å²) < 4.78 is 0. The van der Waals surface area contributed by atoms with Crippen LogP contribution in [-0.2, 0) is 0 Å². The molecule has 0 unspecified atom stereocenters. The molecule has 1 aromatic rings. The van der Waals surface area contributed by atoms with Crippen LogP contribution in [0.25, 0.3) is 0 Å². The van der Waals surface area contributed by atoms with Gasteiger partial charge in [0.15, 0.2) is 0 Å². The summed E-state index contributed by atoms with van der Waals surface area (Å²) >= 11 is 12.1. The molecular formula is C15H21Cl2NO. The largest absolute Gasteiger partial charge is 0.351 e. The number of alkyl halides is 1. The van der Waals surface area contributed by atoms with E-state index in [1.807, 2.05) is 13.0 Å². The van der Waals surface area contributed by atoms with Gasteiger partial charge < -0.3 is 5.32 Å². The Kier molecular flexibility index (Phi) is 6.15. The zero-order valence-corrected chi connectivity index (χ0v) is 13.2. The van der Waals surface area contributed by atoms with Gasteiger partial charge in [0.2, 0.25) is 0 Å². The first-order valence-corrected chi connectivity index (χ1v) is 7.49. The Labute approximate surface area is 125 Å². The molecule has 4 heteroatoms. The molecule has 1 amide bonds. The second kappa shape index (κ2) is 7.16. The number of carbonyl (C=O) groups is 1. The maximum Gasteiger partial charge on any atom is 0.252 e. The number of nitrogens with one attached hydrogen (secondary N) is 1. The fraction of sp³-hybridized carbons (Fsp3) is 0.533. The maximum absolute atomic E-state index is 12.1. The summed E-state index contributed by atoms with van der Waals surface area (Å²) in [5, 5.41) is 3.43. The van der Waals surface area contributed by atoms with Gasteiger partial charge in [-0.15, -0.1) is 11.6 Å². The van der Waals surface area contributed by atoms with E-state index in [1.165, 1.54) is 0 Å². The Morgan fingerprint density at radius 3 is 2.42 bits per heavy atom. The third kappa shape index (κ3) is 4.12. The Bertz CT molecular complexity index is 434. The summed E-state index contributed by atoms with van der Waals surface area (Å²) in [6.07, 6.45) is 1.88. The smallest absolute Gasteiger partial charge is 0.252 e. The highest BCUT2D eigenvalue weighted by Crippen LogP contribution is 2.27. The second-order valence-corrected chi connectivity index (χ2v) is 5.68. The topological polar surface area (TPSA) is 29.1 Å². The van der Waals surface area contributed by atoms with Gasteiger partial charge in [-0.1, -0.05) is 31.5 Å². The molecule has 106 valence electrons. The van der Waals surface area contributed by atoms with Gasteiger partial charge in [-0.3, -0.25) is 4.79 Å². The third-order valence-electron chi connectivity index (χ3n) is 3.78. The minimum Gasteiger partial charge on any atom is -0.351 e. The van der Waals surface area contributed by atoms with Crippen molar-refractivity contribution < 1.29 is 4.79 Å². The number of benzene rings is 1. The Hall–Kier alpha value is -0.730. The zero-order valence-electron chi connectivity index (χ0n) is 11.7.